The maximum absolute atomic E-state index is 7.54. The minimum absolute atomic E-state index is 0.0399. The number of pyridine rings is 1. The van der Waals surface area contributed by atoms with E-state index >= 15 is 0 Å². The summed E-state index contributed by atoms with van der Waals surface area (Å²) in [4.78, 5) is 4.12. The molecule has 1 heterocycles. The molecule has 0 fully saturated rings. The van der Waals surface area contributed by atoms with Gasteiger partial charge in [-0.3, -0.25) is 10.4 Å². The lowest BCUT2D eigenvalue weighted by Gasteiger charge is -2.15. The molecule has 104 valence electrons. The van der Waals surface area contributed by atoms with Crippen LogP contribution in [0.5, 0.6) is 5.75 Å². The molecule has 4 nitrogen and oxygen atoms in total. The largest absolute Gasteiger partial charge is 0.488 e. The van der Waals surface area contributed by atoms with Gasteiger partial charge in [0, 0.05) is 11.8 Å². The fourth-order valence-corrected chi connectivity index (χ4v) is 2.10. The lowest BCUT2D eigenvalue weighted by Crippen LogP contribution is -2.17. The molecular weight excluding hydrogens is 250 g/mol. The van der Waals surface area contributed by atoms with E-state index < -0.39 is 0 Å². The number of nitrogens with zero attached hydrogens (tertiary/aromatic N) is 1. The van der Waals surface area contributed by atoms with Crippen molar-refractivity contribution in [2.45, 2.75) is 27.4 Å². The Morgan fingerprint density at radius 2 is 1.90 bits per heavy atom. The number of aromatic nitrogens is 1. The Labute approximate surface area is 119 Å². The zero-order valence-electron chi connectivity index (χ0n) is 12.0. The van der Waals surface area contributed by atoms with Gasteiger partial charge in [0.05, 0.1) is 0 Å². The highest BCUT2D eigenvalue weighted by atomic mass is 16.5. The first-order valence-electron chi connectivity index (χ1n) is 6.48. The lowest BCUT2D eigenvalue weighted by molar-refractivity contribution is 0.301. The van der Waals surface area contributed by atoms with Gasteiger partial charge in [0.2, 0.25) is 0 Å². The van der Waals surface area contributed by atoms with Gasteiger partial charge in [0.15, 0.2) is 0 Å². The van der Waals surface area contributed by atoms with Crippen molar-refractivity contribution in [1.82, 2.24) is 4.98 Å². The van der Waals surface area contributed by atoms with Gasteiger partial charge < -0.3 is 10.5 Å². The number of hydrogen-bond donors (Lipinski definition) is 2. The molecule has 0 aliphatic carbocycles. The van der Waals surface area contributed by atoms with Crippen LogP contribution in [0, 0.1) is 26.2 Å². The third-order valence-electron chi connectivity index (χ3n) is 3.39. The Hall–Kier alpha value is -2.36. The molecule has 0 aliphatic heterocycles. The van der Waals surface area contributed by atoms with Crippen LogP contribution in [0.2, 0.25) is 0 Å². The summed E-state index contributed by atoms with van der Waals surface area (Å²) in [5, 5.41) is 7.54. The van der Waals surface area contributed by atoms with Crippen molar-refractivity contribution >= 4 is 5.84 Å². The average molecular weight is 269 g/mol. The molecule has 0 saturated heterocycles. The molecule has 0 unspecified atom stereocenters. The van der Waals surface area contributed by atoms with Gasteiger partial charge in [-0.25, -0.2) is 0 Å². The lowest BCUT2D eigenvalue weighted by atomic mass is 10.1. The van der Waals surface area contributed by atoms with Crippen molar-refractivity contribution in [2.24, 2.45) is 5.73 Å². The van der Waals surface area contributed by atoms with Crippen LogP contribution in [0.1, 0.15) is 27.9 Å². The molecule has 1 aromatic carbocycles. The third-order valence-corrected chi connectivity index (χ3v) is 3.39. The quantitative estimate of drug-likeness (QED) is 0.662. The molecule has 2 rings (SSSR count). The number of nitrogens with two attached hydrogens (primary N) is 1. The van der Waals surface area contributed by atoms with Crippen molar-refractivity contribution in [1.29, 1.82) is 5.41 Å². The molecule has 2 aromatic rings. The molecule has 1 aromatic heterocycles. The number of rotatable bonds is 4. The van der Waals surface area contributed by atoms with Crippen LogP contribution in [-0.4, -0.2) is 10.8 Å². The van der Waals surface area contributed by atoms with Crippen LogP contribution in [0.3, 0.4) is 0 Å². The van der Waals surface area contributed by atoms with Gasteiger partial charge in [0.25, 0.3) is 0 Å². The fourth-order valence-electron chi connectivity index (χ4n) is 2.10. The van der Waals surface area contributed by atoms with Crippen LogP contribution < -0.4 is 10.5 Å². The number of amidine groups is 1. The number of aryl methyl sites for hydroxylation is 2. The van der Waals surface area contributed by atoms with Gasteiger partial charge in [-0.1, -0.05) is 18.2 Å². The van der Waals surface area contributed by atoms with Crippen LogP contribution in [0.25, 0.3) is 0 Å². The van der Waals surface area contributed by atoms with Crippen LogP contribution >= 0.6 is 0 Å². The minimum atomic E-state index is -0.0399. The van der Waals surface area contributed by atoms with Crippen molar-refractivity contribution in [3.05, 3.63) is 58.4 Å². The maximum Gasteiger partial charge on any atom is 0.142 e. The summed E-state index contributed by atoms with van der Waals surface area (Å²) in [6.45, 7) is 6.49. The average Bonchev–Trinajstić information content (AvgIpc) is 2.43. The van der Waals surface area contributed by atoms with E-state index in [1.165, 1.54) is 5.56 Å². The predicted molar refractivity (Wildman–Crippen MR) is 80.2 cm³/mol. The second kappa shape index (κ2) is 5.74. The van der Waals surface area contributed by atoms with Crippen molar-refractivity contribution in [2.75, 3.05) is 0 Å². The van der Waals surface area contributed by atoms with E-state index in [0.717, 1.165) is 22.4 Å². The minimum Gasteiger partial charge on any atom is -0.488 e. The molecule has 0 atom stereocenters. The Kier molecular flexibility index (Phi) is 4.03. The molecule has 0 bridgehead atoms. The SMILES string of the molecule is Cc1ccc(C)c(OCc2cccnc2C(=N)N)c1C. The number of hydrogen-bond acceptors (Lipinski definition) is 3. The topological polar surface area (TPSA) is 72.0 Å². The molecule has 0 saturated carbocycles. The fraction of sp³-hybridized carbons (Fsp3) is 0.250. The Balaban J connectivity index is 2.26. The van der Waals surface area contributed by atoms with Crippen molar-refractivity contribution in [3.8, 4) is 5.75 Å². The molecular formula is C16H19N3O. The van der Waals surface area contributed by atoms with Gasteiger partial charge in [0.1, 0.15) is 23.9 Å². The number of nitrogen functional groups attached to an aromatic ring is 1. The van der Waals surface area contributed by atoms with Crippen LogP contribution in [0.15, 0.2) is 30.5 Å². The summed E-state index contributed by atoms with van der Waals surface area (Å²) in [6, 6.07) is 7.83. The van der Waals surface area contributed by atoms with Gasteiger partial charge >= 0.3 is 0 Å². The van der Waals surface area contributed by atoms with Crippen LogP contribution in [0.4, 0.5) is 0 Å². The molecule has 0 spiro atoms. The first-order valence-corrected chi connectivity index (χ1v) is 6.48. The smallest absolute Gasteiger partial charge is 0.142 e. The van der Waals surface area contributed by atoms with Gasteiger partial charge in [-0.2, -0.15) is 0 Å². The van der Waals surface area contributed by atoms with Crippen molar-refractivity contribution in [3.63, 3.8) is 0 Å². The van der Waals surface area contributed by atoms with E-state index in [2.05, 4.69) is 18.0 Å². The molecule has 0 radical (unpaired) electrons. The molecule has 20 heavy (non-hydrogen) atoms. The van der Waals surface area contributed by atoms with Gasteiger partial charge in [-0.05, 0) is 43.5 Å². The third kappa shape index (κ3) is 2.79. The maximum atomic E-state index is 7.54. The highest BCUT2D eigenvalue weighted by molar-refractivity contribution is 5.94. The first-order chi connectivity index (χ1) is 9.50. The summed E-state index contributed by atoms with van der Waals surface area (Å²) in [5.74, 6) is 0.852. The van der Waals surface area contributed by atoms with E-state index in [-0.39, 0.29) is 5.84 Å². The Bertz CT molecular complexity index is 650. The second-order valence-electron chi connectivity index (χ2n) is 4.87. The summed E-state index contributed by atoms with van der Waals surface area (Å²) in [6.07, 6.45) is 1.63. The highest BCUT2D eigenvalue weighted by Crippen LogP contribution is 2.26. The standard InChI is InChI=1S/C16H19N3O/c1-10-6-7-11(2)15(12(10)3)20-9-13-5-4-8-19-14(13)16(17)18/h4-8H,9H2,1-3H3,(H3,17,18). The van der Waals surface area contributed by atoms with E-state index in [9.17, 15) is 0 Å². The van der Waals surface area contributed by atoms with E-state index in [4.69, 9.17) is 15.9 Å². The summed E-state index contributed by atoms with van der Waals surface area (Å²) < 4.78 is 5.93. The highest BCUT2D eigenvalue weighted by Gasteiger charge is 2.10. The van der Waals surface area contributed by atoms with E-state index in [1.807, 2.05) is 32.0 Å². The number of nitrogens with one attached hydrogen (secondary N) is 1. The van der Waals surface area contributed by atoms with Gasteiger partial charge in [-0.15, -0.1) is 0 Å². The summed E-state index contributed by atoms with van der Waals surface area (Å²) in [7, 11) is 0. The zero-order chi connectivity index (χ0) is 14.7. The molecule has 3 N–H and O–H groups in total. The van der Waals surface area contributed by atoms with Crippen molar-refractivity contribution < 1.29 is 4.74 Å². The summed E-state index contributed by atoms with van der Waals surface area (Å²) >= 11 is 0. The van der Waals surface area contributed by atoms with Crippen LogP contribution in [-0.2, 0) is 6.61 Å². The molecule has 0 aliphatic rings. The summed E-state index contributed by atoms with van der Waals surface area (Å²) in [5.41, 5.74) is 10.3. The monoisotopic (exact) mass is 269 g/mol. The predicted octanol–water partition coefficient (Wildman–Crippen LogP) is 2.87. The second-order valence-corrected chi connectivity index (χ2v) is 4.87. The first kappa shape index (κ1) is 14.1. The Morgan fingerprint density at radius 1 is 1.20 bits per heavy atom. The molecule has 0 amide bonds. The normalized spacial score (nSPS) is 10.3. The van der Waals surface area contributed by atoms with E-state index in [0.29, 0.717) is 12.3 Å². The number of benzene rings is 1. The number of ether oxygens (including phenoxy) is 1. The Morgan fingerprint density at radius 3 is 2.60 bits per heavy atom. The molecule has 4 heteroatoms. The van der Waals surface area contributed by atoms with E-state index in [1.54, 1.807) is 6.20 Å². The zero-order valence-corrected chi connectivity index (χ0v) is 12.0.